The summed E-state index contributed by atoms with van der Waals surface area (Å²) in [7, 11) is 0. The van der Waals surface area contributed by atoms with E-state index in [0.29, 0.717) is 26.8 Å². The highest BCUT2D eigenvalue weighted by Gasteiger charge is 2.34. The molecule has 0 spiro atoms. The van der Waals surface area contributed by atoms with Crippen LogP contribution in [0.5, 0.6) is 5.75 Å². The molecule has 0 N–H and O–H groups in total. The molecule has 0 bridgehead atoms. The van der Waals surface area contributed by atoms with E-state index in [4.69, 9.17) is 16.3 Å². The summed E-state index contributed by atoms with van der Waals surface area (Å²) in [5.41, 5.74) is 1.35. The zero-order valence-corrected chi connectivity index (χ0v) is 15.7. The first-order valence-corrected chi connectivity index (χ1v) is 9.20. The van der Waals surface area contributed by atoms with E-state index in [2.05, 4.69) is 6.58 Å². The Kier molecular flexibility index (Phi) is 5.98. The van der Waals surface area contributed by atoms with Crippen LogP contribution in [-0.2, 0) is 11.4 Å². The largest absolute Gasteiger partial charge is 0.487 e. The molecular formula is C20H15ClFNO3S. The molecule has 3 rings (SSSR count). The van der Waals surface area contributed by atoms with Crippen LogP contribution in [0.3, 0.4) is 0 Å². The van der Waals surface area contributed by atoms with Gasteiger partial charge in [-0.1, -0.05) is 35.9 Å². The van der Waals surface area contributed by atoms with Gasteiger partial charge < -0.3 is 4.74 Å². The lowest BCUT2D eigenvalue weighted by molar-refractivity contribution is -0.122. The van der Waals surface area contributed by atoms with E-state index >= 15 is 0 Å². The van der Waals surface area contributed by atoms with Crippen LogP contribution >= 0.6 is 23.4 Å². The van der Waals surface area contributed by atoms with Gasteiger partial charge in [-0.15, -0.1) is 6.58 Å². The molecule has 7 heteroatoms. The fraction of sp³-hybridized carbons (Fsp3) is 0.100. The highest BCUT2D eigenvalue weighted by molar-refractivity contribution is 8.18. The molecule has 2 aromatic carbocycles. The maximum atomic E-state index is 13.2. The third kappa shape index (κ3) is 4.59. The SMILES string of the molecule is C=CCN1C(=O)S/C(=C\c2ccc(OCc3cccc(F)c3)c(Cl)c2)C1=O. The van der Waals surface area contributed by atoms with Gasteiger partial charge in [-0.05, 0) is 53.2 Å². The van der Waals surface area contributed by atoms with Crippen LogP contribution in [0, 0.1) is 5.82 Å². The van der Waals surface area contributed by atoms with Gasteiger partial charge in [0.1, 0.15) is 18.2 Å². The van der Waals surface area contributed by atoms with Crippen molar-refractivity contribution in [2.75, 3.05) is 6.54 Å². The fourth-order valence-corrected chi connectivity index (χ4v) is 3.54. The predicted molar refractivity (Wildman–Crippen MR) is 105 cm³/mol. The van der Waals surface area contributed by atoms with E-state index in [-0.39, 0.29) is 30.1 Å². The summed E-state index contributed by atoms with van der Waals surface area (Å²) in [6.07, 6.45) is 3.11. The van der Waals surface area contributed by atoms with E-state index < -0.39 is 0 Å². The normalized spacial score (nSPS) is 15.5. The van der Waals surface area contributed by atoms with Crippen LogP contribution in [0.2, 0.25) is 5.02 Å². The molecule has 1 aliphatic rings. The van der Waals surface area contributed by atoms with E-state index in [9.17, 15) is 14.0 Å². The molecule has 1 heterocycles. The number of imide groups is 1. The second-order valence-corrected chi connectivity index (χ2v) is 7.09. The third-order valence-corrected chi connectivity index (χ3v) is 4.93. The molecule has 4 nitrogen and oxygen atoms in total. The minimum atomic E-state index is -0.354. The number of thioether (sulfide) groups is 1. The maximum Gasteiger partial charge on any atom is 0.293 e. The Balaban J connectivity index is 1.72. The standard InChI is InChI=1S/C20H15ClFNO3S/c1-2-8-23-19(24)18(27-20(23)25)11-13-6-7-17(16(21)10-13)26-12-14-4-3-5-15(22)9-14/h2-7,9-11H,1,8,12H2/b18-11-. The summed E-state index contributed by atoms with van der Waals surface area (Å²) in [4.78, 5) is 25.5. The van der Waals surface area contributed by atoms with E-state index in [1.807, 2.05) is 0 Å². The topological polar surface area (TPSA) is 46.6 Å². The van der Waals surface area contributed by atoms with Gasteiger partial charge in [-0.3, -0.25) is 14.5 Å². The number of ether oxygens (including phenoxy) is 1. The molecule has 138 valence electrons. The smallest absolute Gasteiger partial charge is 0.293 e. The van der Waals surface area contributed by atoms with Crippen molar-refractivity contribution in [2.45, 2.75) is 6.61 Å². The van der Waals surface area contributed by atoms with Crippen molar-refractivity contribution >= 4 is 40.6 Å². The van der Waals surface area contributed by atoms with Gasteiger partial charge in [0.15, 0.2) is 0 Å². The number of amides is 2. The summed E-state index contributed by atoms with van der Waals surface area (Å²) >= 11 is 7.12. The molecule has 0 radical (unpaired) electrons. The first kappa shape index (κ1) is 19.2. The highest BCUT2D eigenvalue weighted by Crippen LogP contribution is 2.33. The van der Waals surface area contributed by atoms with Crippen molar-refractivity contribution in [2.24, 2.45) is 0 Å². The average molecular weight is 404 g/mol. The lowest BCUT2D eigenvalue weighted by Gasteiger charge is -2.09. The average Bonchev–Trinajstić information content (AvgIpc) is 2.89. The Morgan fingerprint density at radius 2 is 2.04 bits per heavy atom. The molecular weight excluding hydrogens is 389 g/mol. The van der Waals surface area contributed by atoms with Crippen LogP contribution in [0.25, 0.3) is 6.08 Å². The number of hydrogen-bond donors (Lipinski definition) is 0. The Hall–Kier alpha value is -2.57. The van der Waals surface area contributed by atoms with Crippen LogP contribution < -0.4 is 4.74 Å². The van der Waals surface area contributed by atoms with Crippen molar-refractivity contribution < 1.29 is 18.7 Å². The molecule has 0 saturated carbocycles. The zero-order valence-electron chi connectivity index (χ0n) is 14.2. The zero-order chi connectivity index (χ0) is 19.4. The first-order valence-electron chi connectivity index (χ1n) is 8.01. The molecule has 1 saturated heterocycles. The lowest BCUT2D eigenvalue weighted by atomic mass is 10.2. The van der Waals surface area contributed by atoms with Crippen molar-refractivity contribution in [1.82, 2.24) is 4.90 Å². The Morgan fingerprint density at radius 3 is 2.74 bits per heavy atom. The molecule has 1 aliphatic heterocycles. The number of nitrogens with zero attached hydrogens (tertiary/aromatic N) is 1. The minimum absolute atomic E-state index is 0.176. The molecule has 0 aliphatic carbocycles. The maximum absolute atomic E-state index is 13.2. The number of benzene rings is 2. The molecule has 2 aromatic rings. The Labute approximate surface area is 165 Å². The second-order valence-electron chi connectivity index (χ2n) is 5.69. The Bertz CT molecular complexity index is 945. The number of halogens is 2. The number of rotatable bonds is 6. The van der Waals surface area contributed by atoms with Crippen molar-refractivity contribution in [1.29, 1.82) is 0 Å². The first-order chi connectivity index (χ1) is 13.0. The summed E-state index contributed by atoms with van der Waals surface area (Å²) in [5.74, 6) is -0.242. The molecule has 27 heavy (non-hydrogen) atoms. The number of hydrogen-bond acceptors (Lipinski definition) is 4. The van der Waals surface area contributed by atoms with Gasteiger partial charge >= 0.3 is 0 Å². The second kappa shape index (κ2) is 8.41. The molecule has 0 atom stereocenters. The van der Waals surface area contributed by atoms with E-state index in [1.165, 1.54) is 18.2 Å². The van der Waals surface area contributed by atoms with Gasteiger partial charge in [0.25, 0.3) is 11.1 Å². The quantitative estimate of drug-likeness (QED) is 0.486. The van der Waals surface area contributed by atoms with Crippen LogP contribution in [0.1, 0.15) is 11.1 Å². The summed E-state index contributed by atoms with van der Waals surface area (Å²) < 4.78 is 18.8. The number of carbonyl (C=O) groups is 2. The summed E-state index contributed by atoms with van der Waals surface area (Å²) in [5, 5.41) is 0.0257. The van der Waals surface area contributed by atoms with Crippen LogP contribution in [0.15, 0.2) is 60.0 Å². The van der Waals surface area contributed by atoms with Gasteiger partial charge in [0.2, 0.25) is 0 Å². The Morgan fingerprint density at radius 1 is 1.22 bits per heavy atom. The predicted octanol–water partition coefficient (Wildman–Crippen LogP) is 5.28. The van der Waals surface area contributed by atoms with Gasteiger partial charge in [0, 0.05) is 6.54 Å². The summed E-state index contributed by atoms with van der Waals surface area (Å²) in [6, 6.07) is 11.2. The highest BCUT2D eigenvalue weighted by atomic mass is 35.5. The molecule has 1 fully saturated rings. The van der Waals surface area contributed by atoms with Gasteiger partial charge in [-0.25, -0.2) is 4.39 Å². The van der Waals surface area contributed by atoms with Crippen molar-refractivity contribution in [3.63, 3.8) is 0 Å². The van der Waals surface area contributed by atoms with Crippen molar-refractivity contribution in [3.8, 4) is 5.75 Å². The van der Waals surface area contributed by atoms with Crippen LogP contribution in [-0.4, -0.2) is 22.6 Å². The monoisotopic (exact) mass is 403 g/mol. The van der Waals surface area contributed by atoms with Gasteiger partial charge in [-0.2, -0.15) is 0 Å². The minimum Gasteiger partial charge on any atom is -0.487 e. The summed E-state index contributed by atoms with van der Waals surface area (Å²) in [6.45, 7) is 3.89. The number of carbonyl (C=O) groups excluding carboxylic acids is 2. The van der Waals surface area contributed by atoms with Crippen LogP contribution in [0.4, 0.5) is 9.18 Å². The molecule has 2 amide bonds. The molecule has 0 aromatic heterocycles. The molecule has 0 unspecified atom stereocenters. The fourth-order valence-electron chi connectivity index (χ4n) is 2.45. The van der Waals surface area contributed by atoms with Crippen molar-refractivity contribution in [3.05, 3.63) is 82.0 Å². The van der Waals surface area contributed by atoms with E-state index in [0.717, 1.165) is 16.7 Å². The van der Waals surface area contributed by atoms with E-state index in [1.54, 1.807) is 36.4 Å². The lowest BCUT2D eigenvalue weighted by Crippen LogP contribution is -2.27. The van der Waals surface area contributed by atoms with Gasteiger partial charge in [0.05, 0.1) is 9.93 Å². The third-order valence-electron chi connectivity index (χ3n) is 3.72.